The van der Waals surface area contributed by atoms with Gasteiger partial charge in [-0.25, -0.2) is 17.6 Å². The van der Waals surface area contributed by atoms with Crippen LogP contribution in [0, 0.1) is 11.7 Å². The van der Waals surface area contributed by atoms with Gasteiger partial charge in [-0.2, -0.15) is 0 Å². The number of piperidine rings is 1. The zero-order chi connectivity index (χ0) is 28.2. The molecule has 7 nitrogen and oxygen atoms in total. The van der Waals surface area contributed by atoms with Crippen molar-refractivity contribution in [1.29, 1.82) is 0 Å². The van der Waals surface area contributed by atoms with Crippen molar-refractivity contribution >= 4 is 21.8 Å². The van der Waals surface area contributed by atoms with Crippen LogP contribution in [0.25, 0.3) is 11.1 Å². The molecule has 1 heterocycles. The number of ether oxygens (including phenoxy) is 2. The molecule has 208 valence electrons. The molecule has 3 aromatic carbocycles. The molecular weight excluding hydrogens is 519 g/mol. The van der Waals surface area contributed by atoms with E-state index in [0.717, 1.165) is 11.6 Å². The van der Waals surface area contributed by atoms with Gasteiger partial charge in [0.05, 0.1) is 17.7 Å². The van der Waals surface area contributed by atoms with Crippen molar-refractivity contribution in [2.45, 2.75) is 44.1 Å². The van der Waals surface area contributed by atoms with Gasteiger partial charge in [-0.3, -0.25) is 4.31 Å². The molecule has 0 N–H and O–H groups in total. The number of likely N-dealkylation sites (tertiary alicyclic amines) is 1. The lowest BCUT2D eigenvalue weighted by molar-refractivity contribution is 0.0187. The summed E-state index contributed by atoms with van der Waals surface area (Å²) < 4.78 is 54.6. The minimum Gasteiger partial charge on any atom is -0.497 e. The van der Waals surface area contributed by atoms with Crippen molar-refractivity contribution < 1.29 is 27.1 Å². The SMILES string of the molecule is COc1ccc(N(CC2CCN(C(=O)OC(C)(C)C)CC2)S(=O)(=O)c2cccc(F)c2)c(-c2ccccc2)c1. The van der Waals surface area contributed by atoms with Crippen molar-refractivity contribution in [1.82, 2.24) is 4.90 Å². The minimum atomic E-state index is -4.13. The Kier molecular flexibility index (Phi) is 8.49. The molecule has 0 radical (unpaired) electrons. The summed E-state index contributed by atoms with van der Waals surface area (Å²) in [5.74, 6) is -0.0659. The highest BCUT2D eigenvalue weighted by Gasteiger charge is 2.33. The highest BCUT2D eigenvalue weighted by atomic mass is 32.2. The van der Waals surface area contributed by atoms with Crippen LogP contribution in [-0.4, -0.2) is 51.8 Å². The Morgan fingerprint density at radius 1 is 1.00 bits per heavy atom. The standard InChI is InChI=1S/C30H35FN2O5S/c1-30(2,3)38-29(34)32-17-15-22(16-18-32)21-33(39(35,36)26-12-8-11-24(31)19-26)28-14-13-25(37-4)20-27(28)23-9-6-5-7-10-23/h5-14,19-20,22H,15-18,21H2,1-4H3. The van der Waals surface area contributed by atoms with Gasteiger partial charge in [0, 0.05) is 25.2 Å². The van der Waals surface area contributed by atoms with E-state index in [0.29, 0.717) is 42.9 Å². The number of halogens is 1. The van der Waals surface area contributed by atoms with Crippen molar-refractivity contribution in [3.8, 4) is 16.9 Å². The van der Waals surface area contributed by atoms with Crippen molar-refractivity contribution in [2.24, 2.45) is 5.92 Å². The van der Waals surface area contributed by atoms with E-state index in [1.807, 2.05) is 57.2 Å². The summed E-state index contributed by atoms with van der Waals surface area (Å²) >= 11 is 0. The third-order valence-corrected chi connectivity index (χ3v) is 8.41. The van der Waals surface area contributed by atoms with Gasteiger partial charge in [0.25, 0.3) is 10.0 Å². The molecule has 0 unspecified atom stereocenters. The molecule has 1 saturated heterocycles. The lowest BCUT2D eigenvalue weighted by atomic mass is 9.96. The predicted molar refractivity (Wildman–Crippen MR) is 150 cm³/mol. The number of anilines is 1. The number of carbonyl (C=O) groups is 1. The Morgan fingerprint density at radius 3 is 2.31 bits per heavy atom. The molecule has 4 rings (SSSR count). The van der Waals surface area contributed by atoms with Gasteiger partial charge in [-0.15, -0.1) is 0 Å². The Bertz CT molecular complexity index is 1400. The van der Waals surface area contributed by atoms with E-state index in [4.69, 9.17) is 9.47 Å². The molecule has 0 bridgehead atoms. The molecule has 3 aromatic rings. The Morgan fingerprint density at radius 2 is 1.69 bits per heavy atom. The summed E-state index contributed by atoms with van der Waals surface area (Å²) in [4.78, 5) is 14.1. The first-order chi connectivity index (χ1) is 18.5. The number of methoxy groups -OCH3 is 1. The molecule has 0 aliphatic carbocycles. The maximum atomic E-state index is 14.2. The van der Waals surface area contributed by atoms with E-state index in [-0.39, 0.29) is 23.5 Å². The molecule has 1 amide bonds. The third-order valence-electron chi connectivity index (χ3n) is 6.63. The molecular formula is C30H35FN2O5S. The van der Waals surface area contributed by atoms with Gasteiger partial charge < -0.3 is 14.4 Å². The smallest absolute Gasteiger partial charge is 0.410 e. The van der Waals surface area contributed by atoms with Crippen LogP contribution >= 0.6 is 0 Å². The van der Waals surface area contributed by atoms with Crippen LogP contribution in [0.2, 0.25) is 0 Å². The lowest BCUT2D eigenvalue weighted by Gasteiger charge is -2.36. The molecule has 1 fully saturated rings. The molecule has 0 saturated carbocycles. The van der Waals surface area contributed by atoms with E-state index in [2.05, 4.69) is 0 Å². The fourth-order valence-corrected chi connectivity index (χ4v) is 6.24. The molecule has 0 aromatic heterocycles. The van der Waals surface area contributed by atoms with E-state index in [1.54, 1.807) is 24.1 Å². The number of sulfonamides is 1. The van der Waals surface area contributed by atoms with Crippen molar-refractivity contribution in [2.75, 3.05) is 31.0 Å². The highest BCUT2D eigenvalue weighted by molar-refractivity contribution is 7.92. The molecule has 0 spiro atoms. The minimum absolute atomic E-state index is 0.0299. The molecule has 1 aliphatic heterocycles. The number of hydrogen-bond acceptors (Lipinski definition) is 5. The number of benzene rings is 3. The Labute approximate surface area is 230 Å². The number of amides is 1. The largest absolute Gasteiger partial charge is 0.497 e. The predicted octanol–water partition coefficient (Wildman–Crippen LogP) is 6.34. The first-order valence-corrected chi connectivity index (χ1v) is 14.4. The van der Waals surface area contributed by atoms with Crippen LogP contribution in [0.5, 0.6) is 5.75 Å². The fourth-order valence-electron chi connectivity index (χ4n) is 4.65. The van der Waals surface area contributed by atoms with Crippen LogP contribution in [0.1, 0.15) is 33.6 Å². The van der Waals surface area contributed by atoms with E-state index < -0.39 is 21.4 Å². The van der Waals surface area contributed by atoms with Gasteiger partial charge in [0.1, 0.15) is 17.2 Å². The highest BCUT2D eigenvalue weighted by Crippen LogP contribution is 2.38. The van der Waals surface area contributed by atoms with Gasteiger partial charge in [0.15, 0.2) is 0 Å². The zero-order valence-corrected chi connectivity index (χ0v) is 23.6. The summed E-state index contributed by atoms with van der Waals surface area (Å²) in [5.41, 5.74) is 1.39. The summed E-state index contributed by atoms with van der Waals surface area (Å²) in [6.07, 6.45) is 0.836. The quantitative estimate of drug-likeness (QED) is 0.341. The van der Waals surface area contributed by atoms with E-state index in [9.17, 15) is 17.6 Å². The second-order valence-electron chi connectivity index (χ2n) is 10.7. The summed E-state index contributed by atoms with van der Waals surface area (Å²) in [6, 6.07) is 19.8. The topological polar surface area (TPSA) is 76.2 Å². The number of rotatable bonds is 7. The Hall–Kier alpha value is -3.59. The van der Waals surface area contributed by atoms with Gasteiger partial charge in [-0.05, 0) is 81.5 Å². The summed E-state index contributed by atoms with van der Waals surface area (Å²) in [5, 5.41) is 0. The normalized spacial score (nSPS) is 14.6. The fraction of sp³-hybridized carbons (Fsp3) is 0.367. The number of nitrogens with zero attached hydrogens (tertiary/aromatic N) is 2. The second kappa shape index (κ2) is 11.7. The first kappa shape index (κ1) is 28.4. The molecule has 1 aliphatic rings. The number of hydrogen-bond donors (Lipinski definition) is 0. The second-order valence-corrected chi connectivity index (χ2v) is 12.5. The maximum Gasteiger partial charge on any atom is 0.410 e. The average molecular weight is 555 g/mol. The van der Waals surface area contributed by atoms with Crippen molar-refractivity contribution in [3.63, 3.8) is 0 Å². The van der Waals surface area contributed by atoms with Gasteiger partial charge >= 0.3 is 6.09 Å². The summed E-state index contributed by atoms with van der Waals surface area (Å²) in [6.45, 7) is 6.57. The van der Waals surface area contributed by atoms with Crippen LogP contribution in [0.15, 0.2) is 77.7 Å². The zero-order valence-electron chi connectivity index (χ0n) is 22.8. The van der Waals surface area contributed by atoms with Crippen LogP contribution in [0.3, 0.4) is 0 Å². The third kappa shape index (κ3) is 6.89. The number of carbonyl (C=O) groups excluding carboxylic acids is 1. The Balaban J connectivity index is 1.70. The van der Waals surface area contributed by atoms with Gasteiger partial charge in [-0.1, -0.05) is 36.4 Å². The van der Waals surface area contributed by atoms with Crippen LogP contribution in [0.4, 0.5) is 14.9 Å². The van der Waals surface area contributed by atoms with Gasteiger partial charge in [0.2, 0.25) is 0 Å². The van der Waals surface area contributed by atoms with Crippen molar-refractivity contribution in [3.05, 3.63) is 78.6 Å². The lowest BCUT2D eigenvalue weighted by Crippen LogP contribution is -2.44. The molecule has 0 atom stereocenters. The van der Waals surface area contributed by atoms with E-state index in [1.165, 1.54) is 22.5 Å². The van der Waals surface area contributed by atoms with Crippen LogP contribution in [-0.2, 0) is 14.8 Å². The maximum absolute atomic E-state index is 14.2. The molecule has 39 heavy (non-hydrogen) atoms. The van der Waals surface area contributed by atoms with E-state index >= 15 is 0 Å². The first-order valence-electron chi connectivity index (χ1n) is 13.0. The average Bonchev–Trinajstić information content (AvgIpc) is 2.91. The van der Waals surface area contributed by atoms with Crippen LogP contribution < -0.4 is 9.04 Å². The summed E-state index contributed by atoms with van der Waals surface area (Å²) in [7, 11) is -2.57. The molecule has 9 heteroatoms. The monoisotopic (exact) mass is 554 g/mol.